The van der Waals surface area contributed by atoms with Crippen LogP contribution in [0, 0.1) is 11.3 Å². The first kappa shape index (κ1) is 19.5. The summed E-state index contributed by atoms with van der Waals surface area (Å²) in [4.78, 5) is 16.4. The molecule has 0 aliphatic carbocycles. The number of fused-ring (bicyclic) bond motifs is 2. The Labute approximate surface area is 160 Å². The van der Waals surface area contributed by atoms with Crippen molar-refractivity contribution in [1.29, 1.82) is 5.26 Å². The molecule has 1 aromatic rings. The number of morpholine rings is 2. The second kappa shape index (κ2) is 8.15. The molecule has 2 bridgehead atoms. The molecule has 2 unspecified atom stereocenters. The van der Waals surface area contributed by atoms with Crippen molar-refractivity contribution in [1.82, 2.24) is 9.80 Å². The molecule has 0 saturated carbocycles. The van der Waals surface area contributed by atoms with E-state index in [4.69, 9.17) is 19.5 Å². The van der Waals surface area contributed by atoms with Crippen LogP contribution in [0.25, 0.3) is 0 Å². The Morgan fingerprint density at radius 3 is 2.37 bits per heavy atom. The first-order valence-corrected chi connectivity index (χ1v) is 9.31. The van der Waals surface area contributed by atoms with E-state index in [1.54, 1.807) is 17.0 Å². The third-order valence-corrected chi connectivity index (χ3v) is 4.47. The molecule has 0 aromatic heterocycles. The maximum atomic E-state index is 12.3. The zero-order valence-corrected chi connectivity index (χ0v) is 16.2. The number of carbonyl (C=O) groups excluding carboxylic acids is 1. The van der Waals surface area contributed by atoms with Crippen LogP contribution in [-0.2, 0) is 9.47 Å². The molecule has 1 aromatic carbocycles. The molecule has 1 amide bonds. The number of ether oxygens (including phenoxy) is 3. The molecule has 7 heteroatoms. The van der Waals surface area contributed by atoms with E-state index >= 15 is 0 Å². The van der Waals surface area contributed by atoms with Crippen molar-refractivity contribution in [3.8, 4) is 11.8 Å². The van der Waals surface area contributed by atoms with Gasteiger partial charge in [-0.1, -0.05) is 0 Å². The summed E-state index contributed by atoms with van der Waals surface area (Å²) in [7, 11) is 0. The van der Waals surface area contributed by atoms with Crippen molar-refractivity contribution < 1.29 is 19.0 Å². The van der Waals surface area contributed by atoms with E-state index < -0.39 is 5.60 Å². The molecule has 0 radical (unpaired) electrons. The third kappa shape index (κ3) is 5.59. The molecule has 2 aliphatic rings. The van der Waals surface area contributed by atoms with E-state index in [1.807, 2.05) is 32.9 Å². The first-order chi connectivity index (χ1) is 12.8. The molecule has 27 heavy (non-hydrogen) atoms. The van der Waals surface area contributed by atoms with Gasteiger partial charge in [0.15, 0.2) is 0 Å². The number of nitriles is 1. The van der Waals surface area contributed by atoms with E-state index in [1.165, 1.54) is 0 Å². The van der Waals surface area contributed by atoms with Crippen LogP contribution in [0.5, 0.6) is 5.75 Å². The lowest BCUT2D eigenvalue weighted by Crippen LogP contribution is -2.61. The third-order valence-electron chi connectivity index (χ3n) is 4.47. The minimum absolute atomic E-state index is 0.0000644. The summed E-state index contributed by atoms with van der Waals surface area (Å²) in [6, 6.07) is 9.21. The minimum Gasteiger partial charge on any atom is -0.492 e. The number of rotatable bonds is 4. The smallest absolute Gasteiger partial charge is 0.410 e. The van der Waals surface area contributed by atoms with Crippen LogP contribution in [-0.4, -0.2) is 73.0 Å². The molecule has 146 valence electrons. The van der Waals surface area contributed by atoms with Crippen LogP contribution in [0.4, 0.5) is 4.79 Å². The zero-order valence-electron chi connectivity index (χ0n) is 16.2. The maximum absolute atomic E-state index is 12.3. The number of nitrogens with zero attached hydrogens (tertiary/aromatic N) is 3. The number of benzene rings is 1. The SMILES string of the molecule is CC(C)(C)OC(=O)N1CC2CN(CCOc3ccc(C#N)cc3)CC(C1)O2. The van der Waals surface area contributed by atoms with Crippen molar-refractivity contribution in [3.05, 3.63) is 29.8 Å². The molecular formula is C20H27N3O4. The van der Waals surface area contributed by atoms with E-state index in [0.29, 0.717) is 25.3 Å². The Bertz CT molecular complexity index is 679. The van der Waals surface area contributed by atoms with E-state index in [2.05, 4.69) is 11.0 Å². The van der Waals surface area contributed by atoms with Crippen LogP contribution in [0.2, 0.25) is 0 Å². The Kier molecular flexibility index (Phi) is 5.88. The van der Waals surface area contributed by atoms with Crippen LogP contribution in [0.1, 0.15) is 26.3 Å². The molecule has 7 nitrogen and oxygen atoms in total. The van der Waals surface area contributed by atoms with Crippen molar-refractivity contribution in [3.63, 3.8) is 0 Å². The Hall–Kier alpha value is -2.30. The summed E-state index contributed by atoms with van der Waals surface area (Å²) in [5, 5.41) is 8.82. The molecule has 2 atom stereocenters. The highest BCUT2D eigenvalue weighted by molar-refractivity contribution is 5.68. The van der Waals surface area contributed by atoms with Crippen molar-refractivity contribution in [2.45, 2.75) is 38.6 Å². The van der Waals surface area contributed by atoms with Gasteiger partial charge >= 0.3 is 6.09 Å². The first-order valence-electron chi connectivity index (χ1n) is 9.31. The van der Waals surface area contributed by atoms with Crippen LogP contribution >= 0.6 is 0 Å². The molecule has 3 rings (SSSR count). The van der Waals surface area contributed by atoms with Crippen LogP contribution in [0.15, 0.2) is 24.3 Å². The highest BCUT2D eigenvalue weighted by Crippen LogP contribution is 2.21. The number of carbonyl (C=O) groups is 1. The summed E-state index contributed by atoms with van der Waals surface area (Å²) < 4.78 is 17.2. The lowest BCUT2D eigenvalue weighted by Gasteiger charge is -2.45. The van der Waals surface area contributed by atoms with E-state index in [0.717, 1.165) is 25.4 Å². The summed E-state index contributed by atoms with van der Waals surface area (Å²) in [6.07, 6.45) is -0.265. The topological polar surface area (TPSA) is 75.0 Å². The van der Waals surface area contributed by atoms with E-state index in [-0.39, 0.29) is 18.3 Å². The molecule has 2 heterocycles. The molecule has 2 aliphatic heterocycles. The maximum Gasteiger partial charge on any atom is 0.410 e. The molecule has 2 saturated heterocycles. The quantitative estimate of drug-likeness (QED) is 0.806. The normalized spacial score (nSPS) is 22.8. The van der Waals surface area contributed by atoms with Gasteiger partial charge in [-0.15, -0.1) is 0 Å². The second-order valence-electron chi connectivity index (χ2n) is 8.01. The molecule has 0 N–H and O–H groups in total. The summed E-state index contributed by atoms with van der Waals surface area (Å²) >= 11 is 0. The van der Waals surface area contributed by atoms with E-state index in [9.17, 15) is 4.79 Å². The standard InChI is InChI=1S/C20H27N3O4/c1-20(2,3)27-19(24)23-13-17-11-22(12-18(14-23)26-17)8-9-25-16-6-4-15(10-21)5-7-16/h4-7,17-18H,8-9,11-14H2,1-3H3. The predicted octanol–water partition coefficient (Wildman–Crippen LogP) is 2.26. The average molecular weight is 373 g/mol. The van der Waals surface area contributed by atoms with Crippen molar-refractivity contribution >= 4 is 6.09 Å². The Morgan fingerprint density at radius 1 is 1.19 bits per heavy atom. The van der Waals surface area contributed by atoms with Gasteiger partial charge in [0.05, 0.1) is 36.9 Å². The van der Waals surface area contributed by atoms with Gasteiger partial charge in [0, 0.05) is 19.6 Å². The van der Waals surface area contributed by atoms with Gasteiger partial charge < -0.3 is 19.1 Å². The summed E-state index contributed by atoms with van der Waals surface area (Å²) in [5.41, 5.74) is 0.136. The predicted molar refractivity (Wildman–Crippen MR) is 99.6 cm³/mol. The van der Waals surface area contributed by atoms with Crippen molar-refractivity contribution in [2.24, 2.45) is 0 Å². The van der Waals surface area contributed by atoms with Gasteiger partial charge in [0.2, 0.25) is 0 Å². The Morgan fingerprint density at radius 2 is 1.81 bits per heavy atom. The molecule has 0 spiro atoms. The van der Waals surface area contributed by atoms with Crippen LogP contribution < -0.4 is 4.74 Å². The fourth-order valence-electron chi connectivity index (χ4n) is 3.35. The summed E-state index contributed by atoms with van der Waals surface area (Å²) in [5.74, 6) is 0.763. The van der Waals surface area contributed by atoms with Crippen LogP contribution in [0.3, 0.4) is 0 Å². The molecular weight excluding hydrogens is 346 g/mol. The largest absolute Gasteiger partial charge is 0.492 e. The lowest BCUT2D eigenvalue weighted by molar-refractivity contribution is -0.137. The zero-order chi connectivity index (χ0) is 19.4. The number of hydrogen-bond acceptors (Lipinski definition) is 6. The van der Waals surface area contributed by atoms with Gasteiger partial charge in [0.25, 0.3) is 0 Å². The second-order valence-corrected chi connectivity index (χ2v) is 8.01. The minimum atomic E-state index is -0.487. The fraction of sp³-hybridized carbons (Fsp3) is 0.600. The highest BCUT2D eigenvalue weighted by Gasteiger charge is 2.37. The highest BCUT2D eigenvalue weighted by atomic mass is 16.6. The average Bonchev–Trinajstić information content (AvgIpc) is 2.60. The fourth-order valence-corrected chi connectivity index (χ4v) is 3.35. The van der Waals surface area contributed by atoms with Gasteiger partial charge in [-0.2, -0.15) is 5.26 Å². The lowest BCUT2D eigenvalue weighted by atomic mass is 10.1. The summed E-state index contributed by atoms with van der Waals surface area (Å²) in [6.45, 7) is 9.64. The van der Waals surface area contributed by atoms with Gasteiger partial charge in [0.1, 0.15) is 18.0 Å². The van der Waals surface area contributed by atoms with Gasteiger partial charge in [-0.3, -0.25) is 4.90 Å². The monoisotopic (exact) mass is 373 g/mol. The number of hydrogen-bond donors (Lipinski definition) is 0. The Balaban J connectivity index is 1.44. The van der Waals surface area contributed by atoms with Gasteiger partial charge in [-0.05, 0) is 45.0 Å². The molecule has 2 fully saturated rings. The van der Waals surface area contributed by atoms with Gasteiger partial charge in [-0.25, -0.2) is 4.79 Å². The van der Waals surface area contributed by atoms with Crippen molar-refractivity contribution in [2.75, 3.05) is 39.3 Å². The number of amides is 1.